The summed E-state index contributed by atoms with van der Waals surface area (Å²) in [5, 5.41) is 6.75. The van der Waals surface area contributed by atoms with Crippen LogP contribution in [0.15, 0.2) is 29.3 Å². The number of aliphatic imine (C=N–C) groups is 1. The van der Waals surface area contributed by atoms with Crippen molar-refractivity contribution in [1.82, 2.24) is 20.6 Å². The Balaban J connectivity index is 0.00000312. The van der Waals surface area contributed by atoms with E-state index in [-0.39, 0.29) is 24.0 Å². The van der Waals surface area contributed by atoms with Crippen molar-refractivity contribution < 1.29 is 0 Å². The zero-order valence-corrected chi connectivity index (χ0v) is 18.0. The lowest BCUT2D eigenvalue weighted by atomic mass is 10.1. The molecule has 25 heavy (non-hydrogen) atoms. The summed E-state index contributed by atoms with van der Waals surface area (Å²) >= 11 is 0. The molecule has 2 rings (SSSR count). The van der Waals surface area contributed by atoms with Crippen LogP contribution >= 0.6 is 24.0 Å². The number of guanidine groups is 1. The molecule has 1 heterocycles. The molecule has 0 unspecified atom stereocenters. The number of aromatic amines is 1. The van der Waals surface area contributed by atoms with Gasteiger partial charge in [-0.2, -0.15) is 0 Å². The smallest absolute Gasteiger partial charge is 0.190 e. The van der Waals surface area contributed by atoms with Gasteiger partial charge in [-0.25, -0.2) is 4.98 Å². The molecule has 140 valence electrons. The van der Waals surface area contributed by atoms with Crippen LogP contribution in [0, 0.1) is 5.92 Å². The highest BCUT2D eigenvalue weighted by Crippen LogP contribution is 2.11. The van der Waals surface area contributed by atoms with Gasteiger partial charge in [0.05, 0.1) is 11.0 Å². The van der Waals surface area contributed by atoms with Gasteiger partial charge in [-0.05, 0) is 30.9 Å². The monoisotopic (exact) mass is 457 g/mol. The largest absolute Gasteiger partial charge is 0.356 e. The highest BCUT2D eigenvalue weighted by Gasteiger charge is 2.02. The number of halogens is 1. The molecule has 0 aliphatic rings. The number of benzene rings is 1. The minimum Gasteiger partial charge on any atom is -0.356 e. The van der Waals surface area contributed by atoms with Gasteiger partial charge in [0.15, 0.2) is 5.96 Å². The third-order valence-electron chi connectivity index (χ3n) is 4.05. The SMILES string of the molecule is CN=C(NCCCCC(C)C)NCCCc1nc2ccccc2[nH]1.I. The van der Waals surface area contributed by atoms with E-state index in [4.69, 9.17) is 0 Å². The molecule has 0 fully saturated rings. The Labute approximate surface area is 168 Å². The van der Waals surface area contributed by atoms with E-state index in [1.807, 2.05) is 25.2 Å². The molecule has 3 N–H and O–H groups in total. The topological polar surface area (TPSA) is 65.1 Å². The molecule has 6 heteroatoms. The van der Waals surface area contributed by atoms with E-state index in [9.17, 15) is 0 Å². The maximum Gasteiger partial charge on any atom is 0.190 e. The van der Waals surface area contributed by atoms with Crippen molar-refractivity contribution in [3.63, 3.8) is 0 Å². The molecule has 0 spiro atoms. The zero-order chi connectivity index (χ0) is 17.2. The lowest BCUT2D eigenvalue weighted by Crippen LogP contribution is -2.38. The van der Waals surface area contributed by atoms with Crippen LogP contribution in [0.1, 0.15) is 45.4 Å². The second-order valence-corrected chi connectivity index (χ2v) is 6.62. The Kier molecular flexibility index (Phi) is 10.5. The average Bonchev–Trinajstić information content (AvgIpc) is 2.99. The Morgan fingerprint density at radius 2 is 1.84 bits per heavy atom. The number of hydrogen-bond donors (Lipinski definition) is 3. The Morgan fingerprint density at radius 1 is 1.12 bits per heavy atom. The fourth-order valence-electron chi connectivity index (χ4n) is 2.69. The first-order valence-corrected chi connectivity index (χ1v) is 9.07. The number of H-pyrrole nitrogens is 1. The van der Waals surface area contributed by atoms with Gasteiger partial charge in [-0.15, -0.1) is 24.0 Å². The van der Waals surface area contributed by atoms with Gasteiger partial charge in [0.25, 0.3) is 0 Å². The van der Waals surface area contributed by atoms with Crippen LogP contribution in [-0.4, -0.2) is 36.1 Å². The standard InChI is InChI=1S/C19H31N5.HI/c1-15(2)9-6-7-13-21-19(20-3)22-14-8-12-18-23-16-10-4-5-11-17(16)24-18;/h4-5,10-11,15H,6-9,12-14H2,1-3H3,(H,23,24)(H2,20,21,22);1H. The third-order valence-corrected chi connectivity index (χ3v) is 4.05. The molecule has 2 aromatic rings. The average molecular weight is 457 g/mol. The van der Waals surface area contributed by atoms with E-state index < -0.39 is 0 Å². The molecule has 0 saturated heterocycles. The molecule has 5 nitrogen and oxygen atoms in total. The fraction of sp³-hybridized carbons (Fsp3) is 0.579. The highest BCUT2D eigenvalue weighted by molar-refractivity contribution is 14.0. The summed E-state index contributed by atoms with van der Waals surface area (Å²) in [7, 11) is 1.82. The second-order valence-electron chi connectivity index (χ2n) is 6.62. The number of nitrogens with zero attached hydrogens (tertiary/aromatic N) is 2. The molecule has 0 aliphatic heterocycles. The van der Waals surface area contributed by atoms with Crippen LogP contribution < -0.4 is 10.6 Å². The molecule has 0 aliphatic carbocycles. The first-order chi connectivity index (χ1) is 11.7. The van der Waals surface area contributed by atoms with Crippen molar-refractivity contribution in [3.8, 4) is 0 Å². The third kappa shape index (κ3) is 8.07. The van der Waals surface area contributed by atoms with Crippen molar-refractivity contribution in [1.29, 1.82) is 0 Å². The highest BCUT2D eigenvalue weighted by atomic mass is 127. The summed E-state index contributed by atoms with van der Waals surface area (Å²) in [5.41, 5.74) is 2.15. The molecular weight excluding hydrogens is 425 g/mol. The molecule has 0 saturated carbocycles. The summed E-state index contributed by atoms with van der Waals surface area (Å²) in [6.45, 7) is 6.42. The summed E-state index contributed by atoms with van der Waals surface area (Å²) < 4.78 is 0. The summed E-state index contributed by atoms with van der Waals surface area (Å²) in [6, 6.07) is 8.15. The number of aryl methyl sites for hydroxylation is 1. The number of imidazole rings is 1. The van der Waals surface area contributed by atoms with Gasteiger partial charge >= 0.3 is 0 Å². The van der Waals surface area contributed by atoms with E-state index in [1.54, 1.807) is 0 Å². The number of para-hydroxylation sites is 2. The summed E-state index contributed by atoms with van der Waals surface area (Å²) in [4.78, 5) is 12.2. The van der Waals surface area contributed by atoms with Gasteiger partial charge in [0.1, 0.15) is 5.82 Å². The van der Waals surface area contributed by atoms with Gasteiger partial charge in [0.2, 0.25) is 0 Å². The number of nitrogens with one attached hydrogen (secondary N) is 3. The summed E-state index contributed by atoms with van der Waals surface area (Å²) in [5.74, 6) is 2.74. The first kappa shape index (κ1) is 21.7. The molecule has 0 bridgehead atoms. The second kappa shape index (κ2) is 12.1. The number of rotatable bonds is 9. The fourth-order valence-corrected chi connectivity index (χ4v) is 2.69. The van der Waals surface area contributed by atoms with Crippen LogP contribution in [0.3, 0.4) is 0 Å². The van der Waals surface area contributed by atoms with E-state index in [2.05, 4.69) is 45.5 Å². The van der Waals surface area contributed by atoms with Gasteiger partial charge < -0.3 is 15.6 Å². The normalized spacial score (nSPS) is 11.6. The lowest BCUT2D eigenvalue weighted by Gasteiger charge is -2.11. The van der Waals surface area contributed by atoms with Crippen molar-refractivity contribution in [2.24, 2.45) is 10.9 Å². The van der Waals surface area contributed by atoms with Gasteiger partial charge in [-0.1, -0.05) is 38.8 Å². The number of hydrogen-bond acceptors (Lipinski definition) is 2. The maximum atomic E-state index is 4.60. The first-order valence-electron chi connectivity index (χ1n) is 9.07. The molecule has 0 radical (unpaired) electrons. The van der Waals surface area contributed by atoms with Crippen molar-refractivity contribution in [2.45, 2.75) is 46.0 Å². The Morgan fingerprint density at radius 3 is 2.52 bits per heavy atom. The maximum absolute atomic E-state index is 4.60. The van der Waals surface area contributed by atoms with Crippen LogP contribution in [-0.2, 0) is 6.42 Å². The Bertz CT molecular complexity index is 603. The van der Waals surface area contributed by atoms with Crippen molar-refractivity contribution in [2.75, 3.05) is 20.1 Å². The molecule has 0 atom stereocenters. The molecule has 0 amide bonds. The predicted molar refractivity (Wildman–Crippen MR) is 118 cm³/mol. The van der Waals surface area contributed by atoms with E-state index >= 15 is 0 Å². The van der Waals surface area contributed by atoms with Crippen LogP contribution in [0.2, 0.25) is 0 Å². The van der Waals surface area contributed by atoms with Crippen LogP contribution in [0.5, 0.6) is 0 Å². The Hall–Kier alpha value is -1.31. The minimum atomic E-state index is 0. The zero-order valence-electron chi connectivity index (χ0n) is 15.6. The number of aromatic nitrogens is 2. The van der Waals surface area contributed by atoms with Gasteiger partial charge in [-0.3, -0.25) is 4.99 Å². The number of fused-ring (bicyclic) bond motifs is 1. The van der Waals surface area contributed by atoms with E-state index in [1.165, 1.54) is 19.3 Å². The quantitative estimate of drug-likeness (QED) is 0.230. The molecular formula is C19H32IN5. The van der Waals surface area contributed by atoms with Crippen LogP contribution in [0.25, 0.3) is 11.0 Å². The van der Waals surface area contributed by atoms with Crippen molar-refractivity contribution >= 4 is 41.0 Å². The van der Waals surface area contributed by atoms with Crippen LogP contribution in [0.4, 0.5) is 0 Å². The van der Waals surface area contributed by atoms with E-state index in [0.29, 0.717) is 0 Å². The molecule has 1 aromatic carbocycles. The van der Waals surface area contributed by atoms with Crippen molar-refractivity contribution in [3.05, 3.63) is 30.1 Å². The summed E-state index contributed by atoms with van der Waals surface area (Å²) in [6.07, 6.45) is 5.72. The predicted octanol–water partition coefficient (Wildman–Crippen LogP) is 4.10. The van der Waals surface area contributed by atoms with E-state index in [0.717, 1.165) is 54.7 Å². The minimum absolute atomic E-state index is 0. The van der Waals surface area contributed by atoms with Gasteiger partial charge in [0, 0.05) is 26.6 Å². The number of unbranched alkanes of at least 4 members (excludes halogenated alkanes) is 1. The lowest BCUT2D eigenvalue weighted by molar-refractivity contribution is 0.534. The molecule has 1 aromatic heterocycles.